The van der Waals surface area contributed by atoms with Gasteiger partial charge >= 0.3 is 0 Å². The van der Waals surface area contributed by atoms with E-state index in [-0.39, 0.29) is 0 Å². The topological polar surface area (TPSA) is 103 Å². The highest BCUT2D eigenvalue weighted by molar-refractivity contribution is 5.93. The minimum atomic E-state index is 0.733. The van der Waals surface area contributed by atoms with Gasteiger partial charge < -0.3 is 4.98 Å². The number of aromatic nitrogens is 9. The number of rotatable bonds is 5. The van der Waals surface area contributed by atoms with Crippen molar-refractivity contribution < 1.29 is 0 Å². The van der Waals surface area contributed by atoms with Crippen molar-refractivity contribution >= 4 is 33.5 Å². The second-order valence-electron chi connectivity index (χ2n) is 11.9. The quantitative estimate of drug-likeness (QED) is 0.207. The van der Waals surface area contributed by atoms with Crippen molar-refractivity contribution in [2.45, 2.75) is 20.8 Å². The predicted molar refractivity (Wildman–Crippen MR) is 189 cm³/mol. The van der Waals surface area contributed by atoms with Crippen molar-refractivity contribution in [1.29, 1.82) is 0 Å². The number of hydrogen-bond donors (Lipinski definition) is 1. The number of pyridine rings is 3. The normalized spacial score (nSPS) is 11.6. The first-order valence-electron chi connectivity index (χ1n) is 15.8. The zero-order valence-electron chi connectivity index (χ0n) is 26.5. The minimum Gasteiger partial charge on any atom is -0.323 e. The summed E-state index contributed by atoms with van der Waals surface area (Å²) in [6.45, 7) is 6.47. The van der Waals surface area contributed by atoms with Crippen molar-refractivity contribution in [3.05, 3.63) is 132 Å². The Kier molecular flexibility index (Phi) is 6.26. The Labute approximate surface area is 275 Å². The molecule has 9 rings (SSSR count). The average Bonchev–Trinajstić information content (AvgIpc) is 3.82. The number of para-hydroxylation sites is 2. The molecular formula is C39H29N9. The number of benzene rings is 3. The molecule has 0 amide bonds. The predicted octanol–water partition coefficient (Wildman–Crippen LogP) is 8.35. The van der Waals surface area contributed by atoms with E-state index in [1.165, 1.54) is 0 Å². The van der Waals surface area contributed by atoms with Crippen LogP contribution in [0.3, 0.4) is 0 Å². The molecule has 0 aliphatic carbocycles. The smallest absolute Gasteiger partial charge is 0.164 e. The lowest BCUT2D eigenvalue weighted by atomic mass is 9.86. The molecule has 0 aliphatic heterocycles. The van der Waals surface area contributed by atoms with Gasteiger partial charge in [0.15, 0.2) is 16.9 Å². The molecule has 6 heterocycles. The number of aromatic amines is 1. The van der Waals surface area contributed by atoms with E-state index in [1.807, 2.05) is 85.2 Å². The van der Waals surface area contributed by atoms with Gasteiger partial charge in [-0.05, 0) is 98.1 Å². The molecular weight excluding hydrogens is 594 g/mol. The van der Waals surface area contributed by atoms with Crippen LogP contribution in [0.1, 0.15) is 16.7 Å². The van der Waals surface area contributed by atoms with Gasteiger partial charge in [-0.25, -0.2) is 29.9 Å². The van der Waals surface area contributed by atoms with Gasteiger partial charge in [-0.2, -0.15) is 0 Å². The Morgan fingerprint density at radius 1 is 0.458 bits per heavy atom. The van der Waals surface area contributed by atoms with Crippen LogP contribution in [0.15, 0.2) is 116 Å². The number of nitrogens with one attached hydrogen (secondary N) is 1. The van der Waals surface area contributed by atoms with Crippen LogP contribution < -0.4 is 0 Å². The monoisotopic (exact) mass is 623 g/mol. The molecule has 0 saturated carbocycles. The SMILES string of the molecule is Cc1c(-c2nc3cccnc3[nH]2)c(C)c(-c2nc3cccnc3n2-c2ccccc2)c(C)c1-c1nc2cccnc2n1-c1ccccc1. The van der Waals surface area contributed by atoms with Crippen molar-refractivity contribution in [1.82, 2.24) is 44.0 Å². The standard InChI is InChI=1S/C39H29N9/c1-23-31(35-43-28-17-10-20-40-34(28)46-35)24(2)33(39-45-30-19-12-22-42-37(30)48(39)27-15-8-5-9-16-27)25(3)32(23)38-44-29-18-11-21-41-36(29)47(38)26-13-6-4-7-14-26/h4-22H,1-3H3,(H,40,43,46). The highest BCUT2D eigenvalue weighted by Gasteiger charge is 2.29. The maximum absolute atomic E-state index is 5.26. The van der Waals surface area contributed by atoms with E-state index in [4.69, 9.17) is 24.9 Å². The number of hydrogen-bond acceptors (Lipinski definition) is 6. The van der Waals surface area contributed by atoms with Crippen LogP contribution in [-0.4, -0.2) is 44.0 Å². The average molecular weight is 624 g/mol. The first-order chi connectivity index (χ1) is 23.6. The Bertz CT molecular complexity index is 2470. The fourth-order valence-electron chi connectivity index (χ4n) is 7.01. The van der Waals surface area contributed by atoms with E-state index in [2.05, 4.69) is 64.1 Å². The molecule has 9 nitrogen and oxygen atoms in total. The third-order valence-corrected chi connectivity index (χ3v) is 9.05. The van der Waals surface area contributed by atoms with Crippen LogP contribution in [0.5, 0.6) is 0 Å². The van der Waals surface area contributed by atoms with Gasteiger partial charge in [0.2, 0.25) is 0 Å². The summed E-state index contributed by atoms with van der Waals surface area (Å²) >= 11 is 0. The molecule has 0 bridgehead atoms. The van der Waals surface area contributed by atoms with E-state index in [9.17, 15) is 0 Å². The molecule has 0 fully saturated rings. The lowest BCUT2D eigenvalue weighted by molar-refractivity contribution is 1.05. The summed E-state index contributed by atoms with van der Waals surface area (Å²) in [5.41, 5.74) is 12.8. The summed E-state index contributed by atoms with van der Waals surface area (Å²) < 4.78 is 4.30. The van der Waals surface area contributed by atoms with Crippen LogP contribution in [0.25, 0.3) is 79.0 Å². The summed E-state index contributed by atoms with van der Waals surface area (Å²) in [5.74, 6) is 2.33. The van der Waals surface area contributed by atoms with Gasteiger partial charge in [-0.3, -0.25) is 9.13 Å². The van der Waals surface area contributed by atoms with Gasteiger partial charge in [0.05, 0.1) is 0 Å². The molecule has 0 unspecified atom stereocenters. The summed E-state index contributed by atoms with van der Waals surface area (Å²) in [4.78, 5) is 33.3. The largest absolute Gasteiger partial charge is 0.323 e. The van der Waals surface area contributed by atoms with Crippen LogP contribution >= 0.6 is 0 Å². The van der Waals surface area contributed by atoms with Crippen LogP contribution in [0, 0.1) is 20.8 Å². The van der Waals surface area contributed by atoms with Gasteiger partial charge in [0, 0.05) is 46.7 Å². The maximum Gasteiger partial charge on any atom is 0.164 e. The molecule has 0 saturated heterocycles. The number of nitrogens with zero attached hydrogens (tertiary/aromatic N) is 8. The van der Waals surface area contributed by atoms with Crippen LogP contribution in [0.4, 0.5) is 0 Å². The van der Waals surface area contributed by atoms with Crippen LogP contribution in [0.2, 0.25) is 0 Å². The van der Waals surface area contributed by atoms with E-state index in [0.29, 0.717) is 0 Å². The summed E-state index contributed by atoms with van der Waals surface area (Å²) in [5, 5.41) is 0. The maximum atomic E-state index is 5.26. The summed E-state index contributed by atoms with van der Waals surface area (Å²) in [6.07, 6.45) is 5.41. The lowest BCUT2D eigenvalue weighted by Crippen LogP contribution is -2.08. The fraction of sp³-hybridized carbons (Fsp3) is 0.0769. The second kappa shape index (κ2) is 10.8. The molecule has 9 heteroatoms. The zero-order chi connectivity index (χ0) is 32.4. The molecule has 6 aromatic heterocycles. The summed E-state index contributed by atoms with van der Waals surface area (Å²) in [7, 11) is 0. The third kappa shape index (κ3) is 4.17. The minimum absolute atomic E-state index is 0.733. The molecule has 9 aromatic rings. The van der Waals surface area contributed by atoms with Gasteiger partial charge in [0.25, 0.3) is 0 Å². The third-order valence-electron chi connectivity index (χ3n) is 9.05. The number of H-pyrrole nitrogens is 1. The van der Waals surface area contributed by atoms with Crippen molar-refractivity contribution in [3.63, 3.8) is 0 Å². The van der Waals surface area contributed by atoms with Gasteiger partial charge in [-0.15, -0.1) is 0 Å². The van der Waals surface area contributed by atoms with Crippen molar-refractivity contribution in [2.24, 2.45) is 0 Å². The molecule has 0 atom stereocenters. The van der Waals surface area contributed by atoms with Gasteiger partial charge in [0.1, 0.15) is 34.0 Å². The molecule has 230 valence electrons. The van der Waals surface area contributed by atoms with Gasteiger partial charge in [-0.1, -0.05) is 36.4 Å². The fourth-order valence-corrected chi connectivity index (χ4v) is 7.01. The van der Waals surface area contributed by atoms with E-state index in [0.717, 1.165) is 95.7 Å². The van der Waals surface area contributed by atoms with E-state index >= 15 is 0 Å². The van der Waals surface area contributed by atoms with Crippen LogP contribution in [-0.2, 0) is 0 Å². The molecule has 3 aromatic carbocycles. The van der Waals surface area contributed by atoms with E-state index < -0.39 is 0 Å². The summed E-state index contributed by atoms with van der Waals surface area (Å²) in [6, 6.07) is 32.3. The molecule has 0 aliphatic rings. The first-order valence-corrected chi connectivity index (χ1v) is 15.8. The molecule has 48 heavy (non-hydrogen) atoms. The Morgan fingerprint density at radius 2 is 0.917 bits per heavy atom. The van der Waals surface area contributed by atoms with Crippen molar-refractivity contribution in [2.75, 3.05) is 0 Å². The van der Waals surface area contributed by atoms with Crippen molar-refractivity contribution in [3.8, 4) is 45.5 Å². The highest BCUT2D eigenvalue weighted by Crippen LogP contribution is 2.45. The lowest BCUT2D eigenvalue weighted by Gasteiger charge is -2.22. The Hall–Kier alpha value is -6.48. The highest BCUT2D eigenvalue weighted by atomic mass is 15.1. The number of imidazole rings is 3. The second-order valence-corrected chi connectivity index (χ2v) is 11.9. The molecule has 1 N–H and O–H groups in total. The molecule has 0 spiro atoms. The molecule has 0 radical (unpaired) electrons. The zero-order valence-corrected chi connectivity index (χ0v) is 26.5. The Balaban J connectivity index is 1.44. The first kappa shape index (κ1) is 27.8. The number of fused-ring (bicyclic) bond motifs is 3. The Morgan fingerprint density at radius 3 is 1.42 bits per heavy atom. The van der Waals surface area contributed by atoms with E-state index in [1.54, 1.807) is 6.20 Å².